The molecule has 0 radical (unpaired) electrons. The van der Waals surface area contributed by atoms with Crippen LogP contribution >= 0.6 is 11.8 Å². The number of anilines is 1. The molecule has 0 saturated carbocycles. The van der Waals surface area contributed by atoms with Gasteiger partial charge in [-0.2, -0.15) is 0 Å². The van der Waals surface area contributed by atoms with Gasteiger partial charge < -0.3 is 19.7 Å². The second-order valence-corrected chi connectivity index (χ2v) is 8.69. The SMILES string of the molecule is CN1C(=O)C2C(N=CN2CC(=O)Nc2ccccc2-c2cn3c(n2)SCC3)N(C)C1=O. The van der Waals surface area contributed by atoms with Crippen LogP contribution in [0.5, 0.6) is 0 Å². The van der Waals surface area contributed by atoms with Crippen LogP contribution in [-0.2, 0) is 16.1 Å². The van der Waals surface area contributed by atoms with E-state index >= 15 is 0 Å². The number of fused-ring (bicyclic) bond motifs is 2. The number of aliphatic imine (C=N–C) groups is 1. The third kappa shape index (κ3) is 3.25. The average molecular weight is 440 g/mol. The molecule has 31 heavy (non-hydrogen) atoms. The van der Waals surface area contributed by atoms with Crippen molar-refractivity contribution in [3.05, 3.63) is 30.5 Å². The first-order valence-corrected chi connectivity index (χ1v) is 10.9. The van der Waals surface area contributed by atoms with Crippen molar-refractivity contribution in [2.24, 2.45) is 4.99 Å². The number of imidazole rings is 1. The van der Waals surface area contributed by atoms with Crippen molar-refractivity contribution in [2.75, 3.05) is 31.7 Å². The lowest BCUT2D eigenvalue weighted by Crippen LogP contribution is -2.64. The van der Waals surface area contributed by atoms with Gasteiger partial charge in [-0.3, -0.25) is 14.5 Å². The lowest BCUT2D eigenvalue weighted by molar-refractivity contribution is -0.136. The standard InChI is InChI=1S/C20H21N7O3S/c1-24-17-16(18(29)25(2)20(24)30)27(11-21-17)10-15(28)22-13-6-4-3-5-12(13)14-9-26-7-8-31-19(26)23-14/h3-6,9,11,16-17H,7-8,10H2,1-2H3,(H,22,28). The number of imide groups is 1. The normalized spacial score (nSPS) is 22.2. The van der Waals surface area contributed by atoms with E-state index in [0.717, 1.165) is 33.6 Å². The Bertz CT molecular complexity index is 1090. The predicted octanol–water partition coefficient (Wildman–Crippen LogP) is 1.16. The maximum Gasteiger partial charge on any atom is 0.328 e. The van der Waals surface area contributed by atoms with Crippen LogP contribution in [0, 0.1) is 0 Å². The Morgan fingerprint density at radius 2 is 2.06 bits per heavy atom. The van der Waals surface area contributed by atoms with E-state index in [9.17, 15) is 14.4 Å². The smallest absolute Gasteiger partial charge is 0.328 e. The zero-order valence-electron chi connectivity index (χ0n) is 17.1. The van der Waals surface area contributed by atoms with Crippen molar-refractivity contribution >= 4 is 41.6 Å². The minimum absolute atomic E-state index is 0.0594. The van der Waals surface area contributed by atoms with E-state index in [1.54, 1.807) is 23.7 Å². The highest BCUT2D eigenvalue weighted by molar-refractivity contribution is 7.99. The highest BCUT2D eigenvalue weighted by Crippen LogP contribution is 2.32. The number of carbonyl (C=O) groups is 3. The number of likely N-dealkylation sites (N-methyl/N-ethyl adjacent to an activating group) is 2. The summed E-state index contributed by atoms with van der Waals surface area (Å²) in [7, 11) is 3.03. The van der Waals surface area contributed by atoms with Crippen LogP contribution in [0.15, 0.2) is 40.6 Å². The minimum atomic E-state index is -0.707. The van der Waals surface area contributed by atoms with Crippen molar-refractivity contribution in [1.82, 2.24) is 24.3 Å². The van der Waals surface area contributed by atoms with Crippen molar-refractivity contribution in [3.63, 3.8) is 0 Å². The van der Waals surface area contributed by atoms with Crippen LogP contribution in [0.2, 0.25) is 0 Å². The van der Waals surface area contributed by atoms with E-state index in [1.165, 1.54) is 18.3 Å². The maximum atomic E-state index is 12.9. The van der Waals surface area contributed by atoms with Crippen LogP contribution in [0.25, 0.3) is 11.3 Å². The topological polar surface area (TPSA) is 103 Å². The fourth-order valence-electron chi connectivity index (χ4n) is 4.05. The van der Waals surface area contributed by atoms with E-state index in [1.807, 2.05) is 30.5 Å². The quantitative estimate of drug-likeness (QED) is 0.767. The summed E-state index contributed by atoms with van der Waals surface area (Å²) in [6, 6.07) is 6.40. The second kappa shape index (κ2) is 7.41. The zero-order valence-corrected chi connectivity index (χ0v) is 17.9. The molecule has 0 bridgehead atoms. The first-order valence-electron chi connectivity index (χ1n) is 9.86. The van der Waals surface area contributed by atoms with Gasteiger partial charge >= 0.3 is 6.03 Å². The molecule has 10 nitrogen and oxygen atoms in total. The van der Waals surface area contributed by atoms with Gasteiger partial charge in [0, 0.05) is 38.2 Å². The molecule has 1 N–H and O–H groups in total. The average Bonchev–Trinajstić information content (AvgIpc) is 3.46. The lowest BCUT2D eigenvalue weighted by atomic mass is 10.1. The van der Waals surface area contributed by atoms with Crippen LogP contribution in [0.3, 0.4) is 0 Å². The first-order chi connectivity index (χ1) is 14.9. The number of rotatable bonds is 4. The molecule has 11 heteroatoms. The molecule has 160 valence electrons. The highest BCUT2D eigenvalue weighted by Gasteiger charge is 2.48. The third-order valence-electron chi connectivity index (χ3n) is 5.68. The Morgan fingerprint density at radius 1 is 1.26 bits per heavy atom. The second-order valence-electron chi connectivity index (χ2n) is 7.63. The molecular weight excluding hydrogens is 418 g/mol. The Labute approximate surface area is 182 Å². The summed E-state index contributed by atoms with van der Waals surface area (Å²) >= 11 is 1.72. The molecule has 1 aromatic heterocycles. The van der Waals surface area contributed by atoms with Crippen molar-refractivity contribution < 1.29 is 14.4 Å². The number of nitrogens with zero attached hydrogens (tertiary/aromatic N) is 6. The van der Waals surface area contributed by atoms with Gasteiger partial charge in [0.1, 0.15) is 0 Å². The lowest BCUT2D eigenvalue weighted by Gasteiger charge is -2.39. The first kappa shape index (κ1) is 19.6. The molecule has 0 spiro atoms. The van der Waals surface area contributed by atoms with Crippen LogP contribution < -0.4 is 5.32 Å². The van der Waals surface area contributed by atoms with Gasteiger partial charge in [-0.15, -0.1) is 0 Å². The third-order valence-corrected chi connectivity index (χ3v) is 6.65. The Hall–Kier alpha value is -3.34. The van der Waals surface area contributed by atoms with Gasteiger partial charge in [0.2, 0.25) is 5.91 Å². The van der Waals surface area contributed by atoms with E-state index in [-0.39, 0.29) is 18.4 Å². The fourth-order valence-corrected chi connectivity index (χ4v) is 5.00. The molecule has 3 aliphatic rings. The van der Waals surface area contributed by atoms with Crippen molar-refractivity contribution in [3.8, 4) is 11.3 Å². The van der Waals surface area contributed by atoms with Gasteiger partial charge in [0.05, 0.1) is 24.3 Å². The zero-order chi connectivity index (χ0) is 21.7. The van der Waals surface area contributed by atoms with Gasteiger partial charge in [0.15, 0.2) is 17.4 Å². The monoisotopic (exact) mass is 439 g/mol. The largest absolute Gasteiger partial charge is 0.338 e. The Kier molecular flexibility index (Phi) is 4.69. The van der Waals surface area contributed by atoms with Gasteiger partial charge in [0.25, 0.3) is 5.91 Å². The van der Waals surface area contributed by atoms with E-state index < -0.39 is 18.2 Å². The number of aromatic nitrogens is 2. The number of hydrogen-bond acceptors (Lipinski definition) is 7. The van der Waals surface area contributed by atoms with Crippen LogP contribution in [0.4, 0.5) is 10.5 Å². The number of amides is 4. The molecule has 4 amide bonds. The molecule has 3 aliphatic heterocycles. The number of para-hydroxylation sites is 1. The van der Waals surface area contributed by atoms with Gasteiger partial charge in [-0.1, -0.05) is 30.0 Å². The molecule has 1 saturated heterocycles. The van der Waals surface area contributed by atoms with Gasteiger partial charge in [-0.25, -0.2) is 14.8 Å². The van der Waals surface area contributed by atoms with Gasteiger partial charge in [-0.05, 0) is 6.07 Å². The molecule has 0 aliphatic carbocycles. The number of nitrogens with one attached hydrogen (secondary N) is 1. The molecule has 2 aromatic rings. The molecule has 4 heterocycles. The molecule has 1 fully saturated rings. The number of benzene rings is 1. The minimum Gasteiger partial charge on any atom is -0.338 e. The van der Waals surface area contributed by atoms with Crippen LogP contribution in [0.1, 0.15) is 0 Å². The molecule has 2 atom stereocenters. The Balaban J connectivity index is 1.32. The molecule has 5 rings (SSSR count). The number of urea groups is 1. The summed E-state index contributed by atoms with van der Waals surface area (Å²) in [4.78, 5) is 50.6. The van der Waals surface area contributed by atoms with Crippen molar-refractivity contribution in [1.29, 1.82) is 0 Å². The predicted molar refractivity (Wildman–Crippen MR) is 116 cm³/mol. The number of carbonyl (C=O) groups excluding carboxylic acids is 3. The summed E-state index contributed by atoms with van der Waals surface area (Å²) in [5, 5.41) is 3.92. The highest BCUT2D eigenvalue weighted by atomic mass is 32.2. The molecule has 2 unspecified atom stereocenters. The molecular formula is C20H21N7O3S. The summed E-state index contributed by atoms with van der Waals surface area (Å²) < 4.78 is 2.11. The summed E-state index contributed by atoms with van der Waals surface area (Å²) in [6.07, 6.45) is 2.85. The molecule has 1 aromatic carbocycles. The number of hydrogen-bond donors (Lipinski definition) is 1. The van der Waals surface area contributed by atoms with E-state index in [0.29, 0.717) is 5.69 Å². The summed E-state index contributed by atoms with van der Waals surface area (Å²) in [5.41, 5.74) is 2.30. The van der Waals surface area contributed by atoms with E-state index in [2.05, 4.69) is 19.9 Å². The van der Waals surface area contributed by atoms with Crippen molar-refractivity contribution in [2.45, 2.75) is 23.9 Å². The fraction of sp³-hybridized carbons (Fsp3) is 0.350. The number of thioether (sulfide) groups is 1. The summed E-state index contributed by atoms with van der Waals surface area (Å²) in [5.74, 6) is 0.370. The Morgan fingerprint density at radius 3 is 2.87 bits per heavy atom. The van der Waals surface area contributed by atoms with Crippen LogP contribution in [-0.4, -0.2) is 87.0 Å². The maximum absolute atomic E-state index is 12.9. The number of aryl methyl sites for hydroxylation is 1. The summed E-state index contributed by atoms with van der Waals surface area (Å²) in [6.45, 7) is 0.869. The van der Waals surface area contributed by atoms with E-state index in [4.69, 9.17) is 0 Å².